The summed E-state index contributed by atoms with van der Waals surface area (Å²) in [6.45, 7) is 7.94. The van der Waals surface area contributed by atoms with Crippen molar-refractivity contribution in [3.8, 4) is 5.69 Å². The molecule has 0 saturated heterocycles. The summed E-state index contributed by atoms with van der Waals surface area (Å²) in [4.78, 5) is 0. The van der Waals surface area contributed by atoms with Gasteiger partial charge in [-0.1, -0.05) is 32.0 Å². The maximum Gasteiger partial charge on any atom is 0.0645 e. The van der Waals surface area contributed by atoms with Crippen LogP contribution in [0.1, 0.15) is 26.3 Å². The van der Waals surface area contributed by atoms with E-state index in [4.69, 9.17) is 5.73 Å². The lowest BCUT2D eigenvalue weighted by Gasteiger charge is -2.33. The molecule has 1 heterocycles. The Bertz CT molecular complexity index is 538. The van der Waals surface area contributed by atoms with Gasteiger partial charge in [0.15, 0.2) is 0 Å². The standard InChI is InChI=1S/C16H24N4.ClH/c1-13(2)16(3,12-17)18-9-14-10-19-20(11-14)15-7-5-4-6-8-15;/h4-8,10-11,13,18H,9,12,17H2,1-3H3;1H. The summed E-state index contributed by atoms with van der Waals surface area (Å²) in [6.07, 6.45) is 3.96. The average molecular weight is 309 g/mol. The highest BCUT2D eigenvalue weighted by atomic mass is 35.5. The highest BCUT2D eigenvalue weighted by molar-refractivity contribution is 5.85. The van der Waals surface area contributed by atoms with Gasteiger partial charge in [-0.3, -0.25) is 0 Å². The Hall–Kier alpha value is -1.36. The Morgan fingerprint density at radius 3 is 2.52 bits per heavy atom. The molecule has 5 heteroatoms. The van der Waals surface area contributed by atoms with Crippen molar-refractivity contribution in [3.05, 3.63) is 48.3 Å². The Morgan fingerprint density at radius 2 is 1.95 bits per heavy atom. The normalized spacial score (nSPS) is 13.8. The summed E-state index contributed by atoms with van der Waals surface area (Å²) in [5.41, 5.74) is 8.07. The van der Waals surface area contributed by atoms with Crippen LogP contribution >= 0.6 is 12.4 Å². The number of nitrogens with zero attached hydrogens (tertiary/aromatic N) is 2. The van der Waals surface area contributed by atoms with Gasteiger partial charge in [0.1, 0.15) is 0 Å². The van der Waals surface area contributed by atoms with Gasteiger partial charge in [-0.25, -0.2) is 4.68 Å². The van der Waals surface area contributed by atoms with Crippen molar-refractivity contribution in [1.29, 1.82) is 0 Å². The third kappa shape index (κ3) is 4.30. The fraction of sp³-hybridized carbons (Fsp3) is 0.438. The van der Waals surface area contributed by atoms with Crippen LogP contribution in [-0.2, 0) is 6.54 Å². The smallest absolute Gasteiger partial charge is 0.0645 e. The molecule has 1 aromatic heterocycles. The Balaban J connectivity index is 0.00000220. The minimum Gasteiger partial charge on any atom is -0.329 e. The number of nitrogens with two attached hydrogens (primary N) is 1. The molecule has 0 radical (unpaired) electrons. The van der Waals surface area contributed by atoms with E-state index in [1.165, 1.54) is 0 Å². The number of benzene rings is 1. The quantitative estimate of drug-likeness (QED) is 0.863. The number of nitrogens with one attached hydrogen (secondary N) is 1. The van der Waals surface area contributed by atoms with Crippen molar-refractivity contribution in [2.45, 2.75) is 32.9 Å². The van der Waals surface area contributed by atoms with Gasteiger partial charge in [0.25, 0.3) is 0 Å². The van der Waals surface area contributed by atoms with Crippen molar-refractivity contribution in [2.75, 3.05) is 6.54 Å². The topological polar surface area (TPSA) is 55.9 Å². The van der Waals surface area contributed by atoms with Crippen LogP contribution in [0.2, 0.25) is 0 Å². The number of halogens is 1. The molecule has 0 fully saturated rings. The number of rotatable bonds is 6. The second-order valence-corrected chi connectivity index (χ2v) is 5.76. The molecule has 3 N–H and O–H groups in total. The third-order valence-electron chi connectivity index (χ3n) is 4.05. The minimum atomic E-state index is -0.0468. The first-order chi connectivity index (χ1) is 9.55. The molecule has 0 spiro atoms. The molecular weight excluding hydrogens is 284 g/mol. The lowest BCUT2D eigenvalue weighted by atomic mass is 9.88. The molecule has 1 unspecified atom stereocenters. The van der Waals surface area contributed by atoms with Crippen molar-refractivity contribution in [1.82, 2.24) is 15.1 Å². The molecule has 116 valence electrons. The van der Waals surface area contributed by atoms with Crippen LogP contribution in [0.5, 0.6) is 0 Å². The van der Waals surface area contributed by atoms with Gasteiger partial charge in [0, 0.05) is 30.4 Å². The van der Waals surface area contributed by atoms with E-state index < -0.39 is 0 Å². The molecule has 2 aromatic rings. The average Bonchev–Trinajstić information content (AvgIpc) is 2.94. The minimum absolute atomic E-state index is 0. The van der Waals surface area contributed by atoms with Crippen molar-refractivity contribution >= 4 is 12.4 Å². The Labute approximate surface area is 133 Å². The van der Waals surface area contributed by atoms with Gasteiger partial charge in [-0.15, -0.1) is 12.4 Å². The molecule has 0 saturated carbocycles. The monoisotopic (exact) mass is 308 g/mol. The van der Waals surface area contributed by atoms with Gasteiger partial charge < -0.3 is 11.1 Å². The molecule has 2 rings (SSSR count). The highest BCUT2D eigenvalue weighted by Crippen LogP contribution is 2.16. The van der Waals surface area contributed by atoms with E-state index in [2.05, 4.69) is 37.4 Å². The summed E-state index contributed by atoms with van der Waals surface area (Å²) in [6, 6.07) is 10.1. The molecule has 1 aromatic carbocycles. The largest absolute Gasteiger partial charge is 0.329 e. The number of para-hydroxylation sites is 1. The van der Waals surface area contributed by atoms with Crippen molar-refractivity contribution in [2.24, 2.45) is 11.7 Å². The van der Waals surface area contributed by atoms with Crippen molar-refractivity contribution < 1.29 is 0 Å². The van der Waals surface area contributed by atoms with E-state index in [0.29, 0.717) is 12.5 Å². The number of hydrogen-bond donors (Lipinski definition) is 2. The summed E-state index contributed by atoms with van der Waals surface area (Å²) < 4.78 is 1.90. The Kier molecular flexibility index (Phi) is 6.40. The van der Waals surface area contributed by atoms with Crippen molar-refractivity contribution in [3.63, 3.8) is 0 Å². The van der Waals surface area contributed by atoms with Crippen LogP contribution in [0, 0.1) is 5.92 Å². The van der Waals surface area contributed by atoms with E-state index in [1.807, 2.05) is 41.2 Å². The molecule has 0 aliphatic rings. The van der Waals surface area contributed by atoms with Gasteiger partial charge in [0.2, 0.25) is 0 Å². The first-order valence-corrected chi connectivity index (χ1v) is 7.09. The molecule has 21 heavy (non-hydrogen) atoms. The van der Waals surface area contributed by atoms with Crippen LogP contribution < -0.4 is 11.1 Å². The van der Waals surface area contributed by atoms with Crippen LogP contribution in [-0.4, -0.2) is 21.9 Å². The predicted molar refractivity (Wildman–Crippen MR) is 89.9 cm³/mol. The second-order valence-electron chi connectivity index (χ2n) is 5.76. The Morgan fingerprint density at radius 1 is 1.29 bits per heavy atom. The highest BCUT2D eigenvalue weighted by Gasteiger charge is 2.25. The van der Waals surface area contributed by atoms with Crippen LogP contribution in [0.25, 0.3) is 5.69 Å². The molecule has 4 nitrogen and oxygen atoms in total. The molecule has 0 amide bonds. The van der Waals surface area contributed by atoms with Crippen LogP contribution in [0.4, 0.5) is 0 Å². The lowest BCUT2D eigenvalue weighted by molar-refractivity contribution is 0.267. The number of hydrogen-bond acceptors (Lipinski definition) is 3. The number of aromatic nitrogens is 2. The van der Waals surface area contributed by atoms with E-state index >= 15 is 0 Å². The zero-order valence-corrected chi connectivity index (χ0v) is 13.7. The van der Waals surface area contributed by atoms with E-state index in [0.717, 1.165) is 17.8 Å². The third-order valence-corrected chi connectivity index (χ3v) is 4.05. The molecule has 0 aliphatic carbocycles. The molecule has 0 aliphatic heterocycles. The zero-order valence-electron chi connectivity index (χ0n) is 12.9. The molecule has 1 atom stereocenters. The van der Waals surface area contributed by atoms with Gasteiger partial charge >= 0.3 is 0 Å². The second kappa shape index (κ2) is 7.59. The SMILES string of the molecule is CC(C)C(C)(CN)NCc1cnn(-c2ccccc2)c1.Cl. The predicted octanol–water partition coefficient (Wildman–Crippen LogP) is 2.76. The summed E-state index contributed by atoms with van der Waals surface area (Å²) in [7, 11) is 0. The molecular formula is C16H25ClN4. The van der Waals surface area contributed by atoms with Gasteiger partial charge in [-0.2, -0.15) is 5.10 Å². The fourth-order valence-corrected chi connectivity index (χ4v) is 1.99. The van der Waals surface area contributed by atoms with Gasteiger partial charge in [0.05, 0.1) is 11.9 Å². The van der Waals surface area contributed by atoms with Crippen LogP contribution in [0.3, 0.4) is 0 Å². The van der Waals surface area contributed by atoms with Crippen LogP contribution in [0.15, 0.2) is 42.7 Å². The van der Waals surface area contributed by atoms with E-state index in [-0.39, 0.29) is 17.9 Å². The summed E-state index contributed by atoms with van der Waals surface area (Å²) >= 11 is 0. The first kappa shape index (κ1) is 17.7. The molecule has 0 bridgehead atoms. The fourth-order valence-electron chi connectivity index (χ4n) is 1.99. The maximum atomic E-state index is 5.89. The van der Waals surface area contributed by atoms with E-state index in [9.17, 15) is 0 Å². The lowest BCUT2D eigenvalue weighted by Crippen LogP contribution is -2.52. The zero-order chi connectivity index (χ0) is 14.6. The summed E-state index contributed by atoms with van der Waals surface area (Å²) in [5, 5.41) is 7.95. The maximum absolute atomic E-state index is 5.89. The van der Waals surface area contributed by atoms with E-state index in [1.54, 1.807) is 0 Å². The first-order valence-electron chi connectivity index (χ1n) is 7.09. The van der Waals surface area contributed by atoms with Gasteiger partial charge in [-0.05, 0) is 25.0 Å². The summed E-state index contributed by atoms with van der Waals surface area (Å²) in [5.74, 6) is 0.483.